The van der Waals surface area contributed by atoms with E-state index in [2.05, 4.69) is 30.3 Å². The van der Waals surface area contributed by atoms with Gasteiger partial charge in [-0.3, -0.25) is 4.68 Å². The summed E-state index contributed by atoms with van der Waals surface area (Å²) >= 11 is 0. The number of guanidine groups is 1. The van der Waals surface area contributed by atoms with Gasteiger partial charge in [-0.05, 0) is 33.6 Å². The second-order valence-corrected chi connectivity index (χ2v) is 6.67. The predicted octanol–water partition coefficient (Wildman–Crippen LogP) is 1.79. The molecule has 0 saturated carbocycles. The van der Waals surface area contributed by atoms with Gasteiger partial charge >= 0.3 is 0 Å². The molecular weight excluding hydrogens is 457 g/mol. The molecule has 0 aliphatic rings. The number of halogens is 1. The number of aromatic nitrogens is 4. The average Bonchev–Trinajstić information content (AvgIpc) is 3.21. The van der Waals surface area contributed by atoms with Crippen molar-refractivity contribution in [3.8, 4) is 0 Å². The topological polar surface area (TPSA) is 92.3 Å². The minimum absolute atomic E-state index is 0. The molecule has 0 aromatic carbocycles. The Balaban J connectivity index is 0.00000364. The fraction of sp³-hybridized carbons (Fsp3) is 0.611. The van der Waals surface area contributed by atoms with Gasteiger partial charge in [-0.15, -0.1) is 24.0 Å². The number of aliphatic imine (C=N–C) groups is 1. The van der Waals surface area contributed by atoms with E-state index in [1.165, 1.54) is 0 Å². The molecule has 8 nitrogen and oxygen atoms in total. The molecule has 2 aromatic rings. The molecule has 0 aliphatic heterocycles. The van der Waals surface area contributed by atoms with Gasteiger partial charge < -0.3 is 20.3 Å². The lowest BCUT2D eigenvalue weighted by molar-refractivity contribution is 0.0672. The van der Waals surface area contributed by atoms with Crippen molar-refractivity contribution >= 4 is 29.9 Å². The molecule has 3 N–H and O–H groups in total. The first-order chi connectivity index (χ1) is 12.4. The zero-order chi connectivity index (χ0) is 19.0. The average molecular weight is 489 g/mol. The summed E-state index contributed by atoms with van der Waals surface area (Å²) in [6.07, 6.45) is 9.42. The quantitative estimate of drug-likeness (QED) is 0.216. The summed E-state index contributed by atoms with van der Waals surface area (Å²) < 4.78 is 3.84. The van der Waals surface area contributed by atoms with Crippen molar-refractivity contribution in [1.29, 1.82) is 0 Å². The number of imidazole rings is 1. The molecule has 1 unspecified atom stereocenters. The van der Waals surface area contributed by atoms with Crippen LogP contribution in [0.3, 0.4) is 0 Å². The van der Waals surface area contributed by atoms with Crippen molar-refractivity contribution in [2.24, 2.45) is 12.0 Å². The Labute approximate surface area is 178 Å². The number of nitrogens with one attached hydrogen (secondary N) is 2. The predicted molar refractivity (Wildman–Crippen MR) is 118 cm³/mol. The van der Waals surface area contributed by atoms with Crippen molar-refractivity contribution in [2.45, 2.75) is 45.8 Å². The highest BCUT2D eigenvalue weighted by atomic mass is 127. The Morgan fingerprint density at radius 2 is 2.11 bits per heavy atom. The van der Waals surface area contributed by atoms with Gasteiger partial charge in [0.1, 0.15) is 11.4 Å². The van der Waals surface area contributed by atoms with Crippen LogP contribution in [0, 0.1) is 6.92 Å². The van der Waals surface area contributed by atoms with Gasteiger partial charge in [0.2, 0.25) is 0 Å². The van der Waals surface area contributed by atoms with Gasteiger partial charge in [0.25, 0.3) is 0 Å². The number of hydrogen-bond donors (Lipinski definition) is 3. The van der Waals surface area contributed by atoms with Gasteiger partial charge in [-0.1, -0.05) is 0 Å². The molecule has 0 aliphatic carbocycles. The molecule has 2 rings (SSSR count). The SMILES string of the molecule is CCNC(=NCC(C)(O)c1cnn(C)c1)NCCCCn1ccnc1C.I. The minimum Gasteiger partial charge on any atom is -0.383 e. The van der Waals surface area contributed by atoms with Crippen LogP contribution >= 0.6 is 24.0 Å². The highest BCUT2D eigenvalue weighted by Gasteiger charge is 2.24. The maximum atomic E-state index is 10.6. The van der Waals surface area contributed by atoms with E-state index in [0.29, 0.717) is 0 Å². The summed E-state index contributed by atoms with van der Waals surface area (Å²) in [7, 11) is 1.83. The number of aliphatic hydroxyl groups is 1. The summed E-state index contributed by atoms with van der Waals surface area (Å²) in [6, 6.07) is 0. The third-order valence-corrected chi connectivity index (χ3v) is 4.26. The van der Waals surface area contributed by atoms with Crippen LogP contribution < -0.4 is 10.6 Å². The number of aryl methyl sites for hydroxylation is 3. The molecule has 2 heterocycles. The van der Waals surface area contributed by atoms with Crippen molar-refractivity contribution in [3.63, 3.8) is 0 Å². The number of nitrogens with zero attached hydrogens (tertiary/aromatic N) is 5. The standard InChI is InChI=1S/C18H31N7O.HI/c1-5-19-17(21-8-6-7-10-25-11-9-20-15(25)2)22-14-18(3,26)16-12-23-24(4)13-16;/h9,11-13,26H,5-8,10,14H2,1-4H3,(H2,19,21,22);1H. The Hall–Kier alpha value is -1.62. The summed E-state index contributed by atoms with van der Waals surface area (Å²) in [5, 5.41) is 21.3. The van der Waals surface area contributed by atoms with Crippen molar-refractivity contribution in [3.05, 3.63) is 36.2 Å². The Kier molecular flexibility index (Phi) is 9.78. The molecular formula is C18H32IN7O. The van der Waals surface area contributed by atoms with Crippen LogP contribution in [0.4, 0.5) is 0 Å². The zero-order valence-corrected chi connectivity index (χ0v) is 19.0. The third-order valence-electron chi connectivity index (χ3n) is 4.26. The molecule has 0 fully saturated rings. The fourth-order valence-corrected chi connectivity index (χ4v) is 2.62. The van der Waals surface area contributed by atoms with E-state index in [1.807, 2.05) is 39.5 Å². The van der Waals surface area contributed by atoms with Gasteiger partial charge in [0, 0.05) is 50.8 Å². The largest absolute Gasteiger partial charge is 0.383 e. The number of rotatable bonds is 9. The van der Waals surface area contributed by atoms with E-state index in [4.69, 9.17) is 0 Å². The first-order valence-corrected chi connectivity index (χ1v) is 9.14. The smallest absolute Gasteiger partial charge is 0.191 e. The van der Waals surface area contributed by atoms with Crippen LogP contribution in [0.2, 0.25) is 0 Å². The minimum atomic E-state index is -1.05. The van der Waals surface area contributed by atoms with Crippen molar-refractivity contribution < 1.29 is 5.11 Å². The van der Waals surface area contributed by atoms with E-state index >= 15 is 0 Å². The van der Waals surface area contributed by atoms with E-state index in [1.54, 1.807) is 17.8 Å². The van der Waals surface area contributed by atoms with Crippen LogP contribution in [-0.2, 0) is 19.2 Å². The van der Waals surface area contributed by atoms with Crippen LogP contribution in [0.25, 0.3) is 0 Å². The monoisotopic (exact) mass is 489 g/mol. The van der Waals surface area contributed by atoms with E-state index in [-0.39, 0.29) is 30.5 Å². The van der Waals surface area contributed by atoms with E-state index < -0.39 is 5.60 Å². The van der Waals surface area contributed by atoms with Gasteiger partial charge in [0.15, 0.2) is 5.96 Å². The Morgan fingerprint density at radius 3 is 2.70 bits per heavy atom. The highest BCUT2D eigenvalue weighted by Crippen LogP contribution is 2.19. The molecule has 27 heavy (non-hydrogen) atoms. The summed E-state index contributed by atoms with van der Waals surface area (Å²) in [5.41, 5.74) is -0.287. The van der Waals surface area contributed by atoms with Crippen LogP contribution in [-0.4, -0.2) is 50.0 Å². The molecule has 0 radical (unpaired) electrons. The lowest BCUT2D eigenvalue weighted by atomic mass is 10.0. The lowest BCUT2D eigenvalue weighted by Crippen LogP contribution is -2.39. The van der Waals surface area contributed by atoms with Crippen molar-refractivity contribution in [1.82, 2.24) is 30.0 Å². The summed E-state index contributed by atoms with van der Waals surface area (Å²) in [5.74, 6) is 1.76. The molecule has 1 atom stereocenters. The molecule has 152 valence electrons. The number of hydrogen-bond acceptors (Lipinski definition) is 4. The summed E-state index contributed by atoms with van der Waals surface area (Å²) in [4.78, 5) is 8.76. The van der Waals surface area contributed by atoms with Crippen molar-refractivity contribution in [2.75, 3.05) is 19.6 Å². The molecule has 0 bridgehead atoms. The highest BCUT2D eigenvalue weighted by molar-refractivity contribution is 14.0. The first kappa shape index (κ1) is 23.4. The van der Waals surface area contributed by atoms with Gasteiger partial charge in [-0.25, -0.2) is 9.98 Å². The first-order valence-electron chi connectivity index (χ1n) is 9.14. The molecule has 0 spiro atoms. The molecule has 9 heteroatoms. The van der Waals surface area contributed by atoms with Crippen LogP contribution in [0.15, 0.2) is 29.8 Å². The maximum absolute atomic E-state index is 10.6. The van der Waals surface area contributed by atoms with E-state index in [9.17, 15) is 5.11 Å². The Morgan fingerprint density at radius 1 is 1.33 bits per heavy atom. The number of unbranched alkanes of at least 4 members (excludes halogenated alkanes) is 1. The second-order valence-electron chi connectivity index (χ2n) is 6.67. The van der Waals surface area contributed by atoms with E-state index in [0.717, 1.165) is 49.8 Å². The molecule has 0 saturated heterocycles. The third kappa shape index (κ3) is 7.49. The maximum Gasteiger partial charge on any atom is 0.191 e. The van der Waals surface area contributed by atoms with Gasteiger partial charge in [0.05, 0.1) is 12.7 Å². The normalized spacial score (nSPS) is 13.7. The zero-order valence-electron chi connectivity index (χ0n) is 16.6. The summed E-state index contributed by atoms with van der Waals surface area (Å²) in [6.45, 7) is 8.63. The molecule has 2 aromatic heterocycles. The molecule has 0 amide bonds. The lowest BCUT2D eigenvalue weighted by Gasteiger charge is -2.20. The van der Waals surface area contributed by atoms with Crippen LogP contribution in [0.1, 0.15) is 38.1 Å². The fourth-order valence-electron chi connectivity index (χ4n) is 2.62. The van der Waals surface area contributed by atoms with Gasteiger partial charge in [-0.2, -0.15) is 5.10 Å². The Bertz CT molecular complexity index is 708. The second kappa shape index (κ2) is 11.3. The van der Waals surface area contributed by atoms with Crippen LogP contribution in [0.5, 0.6) is 0 Å².